The lowest BCUT2D eigenvalue weighted by Crippen LogP contribution is -2.05. The molecule has 14 heavy (non-hydrogen) atoms. The van der Waals surface area contributed by atoms with Crippen LogP contribution < -0.4 is 5.73 Å². The van der Waals surface area contributed by atoms with Gasteiger partial charge in [-0.2, -0.15) is 5.10 Å². The third-order valence-corrected chi connectivity index (χ3v) is 3.30. The zero-order valence-electron chi connectivity index (χ0n) is 7.70. The van der Waals surface area contributed by atoms with E-state index >= 15 is 0 Å². The van der Waals surface area contributed by atoms with E-state index in [1.165, 1.54) is 10.4 Å². The van der Waals surface area contributed by atoms with E-state index in [1.54, 1.807) is 22.2 Å². The molecule has 2 N–H and O–H groups in total. The van der Waals surface area contributed by atoms with Gasteiger partial charge in [-0.05, 0) is 23.9 Å². The molecule has 0 aliphatic rings. The van der Waals surface area contributed by atoms with Crippen molar-refractivity contribution in [2.45, 2.75) is 13.5 Å². The Balaban J connectivity index is 2.27. The van der Waals surface area contributed by atoms with Crippen LogP contribution >= 0.6 is 22.9 Å². The first-order valence-corrected chi connectivity index (χ1v) is 5.44. The van der Waals surface area contributed by atoms with Crippen molar-refractivity contribution in [2.75, 3.05) is 5.73 Å². The van der Waals surface area contributed by atoms with Crippen molar-refractivity contribution in [2.24, 2.45) is 0 Å². The van der Waals surface area contributed by atoms with Crippen LogP contribution in [0, 0.1) is 6.92 Å². The summed E-state index contributed by atoms with van der Waals surface area (Å²) in [5, 5.41) is 6.67. The molecular weight excluding hydrogens is 218 g/mol. The predicted molar refractivity (Wildman–Crippen MR) is 59.8 cm³/mol. The van der Waals surface area contributed by atoms with E-state index in [-0.39, 0.29) is 0 Å². The standard InChI is InChI=1S/C9H10ClN3S/c1-6-7(2-3-14-6)5-13-9(11)8(10)4-12-13/h2-4H,5,11H2,1H3. The summed E-state index contributed by atoms with van der Waals surface area (Å²) in [6.07, 6.45) is 1.57. The molecule has 0 aliphatic heterocycles. The second-order valence-corrected chi connectivity index (χ2v) is 4.56. The van der Waals surface area contributed by atoms with E-state index in [9.17, 15) is 0 Å². The number of hydrogen-bond acceptors (Lipinski definition) is 3. The van der Waals surface area contributed by atoms with Gasteiger partial charge in [-0.25, -0.2) is 4.68 Å². The second kappa shape index (κ2) is 3.63. The highest BCUT2D eigenvalue weighted by Crippen LogP contribution is 2.21. The number of hydrogen-bond donors (Lipinski definition) is 1. The third kappa shape index (κ3) is 1.63. The van der Waals surface area contributed by atoms with E-state index in [4.69, 9.17) is 17.3 Å². The zero-order valence-corrected chi connectivity index (χ0v) is 9.27. The molecule has 2 aromatic rings. The molecule has 0 saturated carbocycles. The van der Waals surface area contributed by atoms with Crippen LogP contribution in [0.5, 0.6) is 0 Å². The molecule has 0 unspecified atom stereocenters. The van der Waals surface area contributed by atoms with Crippen LogP contribution in [-0.2, 0) is 6.54 Å². The predicted octanol–water partition coefficient (Wildman–Crippen LogP) is 2.54. The summed E-state index contributed by atoms with van der Waals surface area (Å²) in [5.74, 6) is 0.525. The highest BCUT2D eigenvalue weighted by atomic mass is 35.5. The molecule has 0 radical (unpaired) electrons. The van der Waals surface area contributed by atoms with Gasteiger partial charge in [0.15, 0.2) is 0 Å². The normalized spacial score (nSPS) is 10.7. The molecule has 3 nitrogen and oxygen atoms in total. The molecule has 2 aromatic heterocycles. The maximum Gasteiger partial charge on any atom is 0.140 e. The molecule has 0 saturated heterocycles. The van der Waals surface area contributed by atoms with Crippen LogP contribution in [0.25, 0.3) is 0 Å². The van der Waals surface area contributed by atoms with E-state index in [2.05, 4.69) is 23.5 Å². The number of aryl methyl sites for hydroxylation is 1. The summed E-state index contributed by atoms with van der Waals surface area (Å²) < 4.78 is 1.71. The van der Waals surface area contributed by atoms with Gasteiger partial charge < -0.3 is 5.73 Å². The van der Waals surface area contributed by atoms with Gasteiger partial charge in [-0.1, -0.05) is 11.6 Å². The molecule has 0 atom stereocenters. The molecule has 0 aromatic carbocycles. The lowest BCUT2D eigenvalue weighted by molar-refractivity contribution is 0.696. The van der Waals surface area contributed by atoms with Crippen molar-refractivity contribution in [1.82, 2.24) is 9.78 Å². The third-order valence-electron chi connectivity index (χ3n) is 2.12. The van der Waals surface area contributed by atoms with Crippen LogP contribution in [0.15, 0.2) is 17.6 Å². The number of aromatic nitrogens is 2. The molecule has 0 amide bonds. The SMILES string of the molecule is Cc1sccc1Cn1ncc(Cl)c1N. The van der Waals surface area contributed by atoms with Gasteiger partial charge in [0.25, 0.3) is 0 Å². The molecule has 0 aliphatic carbocycles. The molecule has 2 heterocycles. The van der Waals surface area contributed by atoms with Gasteiger partial charge in [0.05, 0.1) is 12.7 Å². The molecule has 5 heteroatoms. The number of thiophene rings is 1. The topological polar surface area (TPSA) is 43.8 Å². The molecule has 0 spiro atoms. The van der Waals surface area contributed by atoms with Crippen LogP contribution in [0.4, 0.5) is 5.82 Å². The van der Waals surface area contributed by atoms with Crippen molar-refractivity contribution in [3.63, 3.8) is 0 Å². The Labute approximate surface area is 91.1 Å². The number of anilines is 1. The maximum atomic E-state index is 5.80. The van der Waals surface area contributed by atoms with Crippen LogP contribution in [0.3, 0.4) is 0 Å². The van der Waals surface area contributed by atoms with Gasteiger partial charge >= 0.3 is 0 Å². The molecular formula is C9H10ClN3S. The lowest BCUT2D eigenvalue weighted by atomic mass is 10.3. The van der Waals surface area contributed by atoms with E-state index in [0.717, 1.165) is 0 Å². The number of halogens is 1. The van der Waals surface area contributed by atoms with Crippen LogP contribution in [-0.4, -0.2) is 9.78 Å². The Hall–Kier alpha value is -1.00. The van der Waals surface area contributed by atoms with Gasteiger partial charge in [-0.15, -0.1) is 11.3 Å². The van der Waals surface area contributed by atoms with Crippen LogP contribution in [0.2, 0.25) is 5.02 Å². The summed E-state index contributed by atoms with van der Waals surface area (Å²) in [5.41, 5.74) is 6.98. The fraction of sp³-hybridized carbons (Fsp3) is 0.222. The maximum absolute atomic E-state index is 5.80. The van der Waals surface area contributed by atoms with Gasteiger partial charge in [0.2, 0.25) is 0 Å². The van der Waals surface area contributed by atoms with Gasteiger partial charge in [0, 0.05) is 4.88 Å². The fourth-order valence-electron chi connectivity index (χ4n) is 1.23. The first-order chi connectivity index (χ1) is 6.68. The molecule has 2 rings (SSSR count). The van der Waals surface area contributed by atoms with Gasteiger partial charge in [-0.3, -0.25) is 0 Å². The van der Waals surface area contributed by atoms with Crippen molar-refractivity contribution in [3.8, 4) is 0 Å². The summed E-state index contributed by atoms with van der Waals surface area (Å²) >= 11 is 7.53. The minimum absolute atomic E-state index is 0.512. The molecule has 0 fully saturated rings. The Bertz CT molecular complexity index is 447. The first-order valence-electron chi connectivity index (χ1n) is 4.18. The Morgan fingerprint density at radius 1 is 1.64 bits per heavy atom. The Kier molecular flexibility index (Phi) is 2.48. The van der Waals surface area contributed by atoms with E-state index in [1.807, 2.05) is 0 Å². The molecule has 0 bridgehead atoms. The Morgan fingerprint density at radius 2 is 2.43 bits per heavy atom. The molecule has 74 valence electrons. The minimum atomic E-state index is 0.512. The summed E-state index contributed by atoms with van der Waals surface area (Å²) in [6.45, 7) is 2.77. The number of nitrogen functional groups attached to an aromatic ring is 1. The summed E-state index contributed by atoms with van der Waals surface area (Å²) in [6, 6.07) is 2.08. The summed E-state index contributed by atoms with van der Waals surface area (Å²) in [4.78, 5) is 1.29. The number of nitrogens with zero attached hydrogens (tertiary/aromatic N) is 2. The number of nitrogens with two attached hydrogens (primary N) is 1. The number of rotatable bonds is 2. The van der Waals surface area contributed by atoms with Gasteiger partial charge in [0.1, 0.15) is 10.8 Å². The van der Waals surface area contributed by atoms with E-state index < -0.39 is 0 Å². The second-order valence-electron chi connectivity index (χ2n) is 3.04. The average molecular weight is 228 g/mol. The zero-order chi connectivity index (χ0) is 10.1. The fourth-order valence-corrected chi connectivity index (χ4v) is 2.10. The smallest absolute Gasteiger partial charge is 0.140 e. The highest BCUT2D eigenvalue weighted by Gasteiger charge is 2.07. The average Bonchev–Trinajstić information content (AvgIpc) is 2.68. The van der Waals surface area contributed by atoms with E-state index in [0.29, 0.717) is 17.4 Å². The minimum Gasteiger partial charge on any atom is -0.383 e. The first kappa shape index (κ1) is 9.55. The van der Waals surface area contributed by atoms with Crippen molar-refractivity contribution >= 4 is 28.8 Å². The van der Waals surface area contributed by atoms with Crippen molar-refractivity contribution in [1.29, 1.82) is 0 Å². The summed E-state index contributed by atoms with van der Waals surface area (Å²) in [7, 11) is 0. The van der Waals surface area contributed by atoms with Crippen molar-refractivity contribution in [3.05, 3.63) is 33.1 Å². The monoisotopic (exact) mass is 227 g/mol. The largest absolute Gasteiger partial charge is 0.383 e. The quantitative estimate of drug-likeness (QED) is 0.857. The Morgan fingerprint density at radius 3 is 2.93 bits per heavy atom. The highest BCUT2D eigenvalue weighted by molar-refractivity contribution is 7.10. The lowest BCUT2D eigenvalue weighted by Gasteiger charge is -2.03. The van der Waals surface area contributed by atoms with Crippen LogP contribution in [0.1, 0.15) is 10.4 Å². The van der Waals surface area contributed by atoms with Crippen molar-refractivity contribution < 1.29 is 0 Å².